The lowest BCUT2D eigenvalue weighted by Gasteiger charge is -2.26. The van der Waals surface area contributed by atoms with E-state index in [1.165, 1.54) is 27.8 Å². The van der Waals surface area contributed by atoms with E-state index in [4.69, 9.17) is 4.74 Å². The lowest BCUT2D eigenvalue weighted by molar-refractivity contribution is -0.142. The highest BCUT2D eigenvalue weighted by Gasteiger charge is 2.26. The zero-order valence-corrected chi connectivity index (χ0v) is 18.3. The van der Waals surface area contributed by atoms with Gasteiger partial charge in [0.05, 0.1) is 4.90 Å². The molecule has 0 atom stereocenters. The third-order valence-corrected chi connectivity index (χ3v) is 7.44. The number of carbonyl (C=O) groups excluding carboxylic acids is 2. The molecule has 1 fully saturated rings. The first-order chi connectivity index (χ1) is 14.4. The third-order valence-electron chi connectivity index (χ3n) is 4.71. The second kappa shape index (κ2) is 10.0. The minimum atomic E-state index is -3.60. The SMILES string of the molecule is Cc1ccc(S(=O)(=O)N2CCCCC2)cc1NC(=O)COC(=O)/C=C/c1cccs1. The number of piperidine rings is 1. The van der Waals surface area contributed by atoms with Gasteiger partial charge in [-0.2, -0.15) is 4.31 Å². The molecule has 0 bridgehead atoms. The summed E-state index contributed by atoms with van der Waals surface area (Å²) in [4.78, 5) is 25.0. The van der Waals surface area contributed by atoms with Gasteiger partial charge < -0.3 is 10.1 Å². The molecule has 30 heavy (non-hydrogen) atoms. The highest BCUT2D eigenvalue weighted by Crippen LogP contribution is 2.25. The Kier molecular flexibility index (Phi) is 7.41. The molecule has 0 aliphatic carbocycles. The fourth-order valence-electron chi connectivity index (χ4n) is 3.06. The molecule has 1 saturated heterocycles. The predicted octanol–water partition coefficient (Wildman–Crippen LogP) is 3.43. The van der Waals surface area contributed by atoms with Crippen molar-refractivity contribution in [3.8, 4) is 0 Å². The van der Waals surface area contributed by atoms with Crippen LogP contribution in [0.2, 0.25) is 0 Å². The quantitative estimate of drug-likeness (QED) is 0.517. The van der Waals surface area contributed by atoms with Crippen molar-refractivity contribution < 1.29 is 22.7 Å². The van der Waals surface area contributed by atoms with E-state index in [1.54, 1.807) is 25.1 Å². The van der Waals surface area contributed by atoms with Gasteiger partial charge in [-0.15, -0.1) is 11.3 Å². The fraction of sp³-hybridized carbons (Fsp3) is 0.333. The largest absolute Gasteiger partial charge is 0.452 e. The molecular weight excluding hydrogens is 424 g/mol. The number of sulfonamides is 1. The van der Waals surface area contributed by atoms with E-state index >= 15 is 0 Å². The molecule has 1 aromatic carbocycles. The van der Waals surface area contributed by atoms with Crippen LogP contribution >= 0.6 is 11.3 Å². The Morgan fingerprint density at radius 2 is 1.97 bits per heavy atom. The first kappa shape index (κ1) is 22.2. The minimum Gasteiger partial charge on any atom is -0.452 e. The van der Waals surface area contributed by atoms with Crippen molar-refractivity contribution in [2.75, 3.05) is 25.0 Å². The molecule has 1 aliphatic heterocycles. The van der Waals surface area contributed by atoms with Crippen LogP contribution in [0.25, 0.3) is 6.08 Å². The molecule has 160 valence electrons. The van der Waals surface area contributed by atoms with Crippen molar-refractivity contribution in [2.45, 2.75) is 31.1 Å². The maximum atomic E-state index is 12.9. The van der Waals surface area contributed by atoms with Crippen molar-refractivity contribution in [1.82, 2.24) is 4.31 Å². The number of nitrogens with one attached hydrogen (secondary N) is 1. The number of ether oxygens (including phenoxy) is 1. The summed E-state index contributed by atoms with van der Waals surface area (Å²) < 4.78 is 32.1. The molecule has 0 unspecified atom stereocenters. The molecule has 7 nitrogen and oxygen atoms in total. The van der Waals surface area contributed by atoms with Crippen LogP contribution < -0.4 is 5.32 Å². The highest BCUT2D eigenvalue weighted by molar-refractivity contribution is 7.89. The number of esters is 1. The zero-order valence-electron chi connectivity index (χ0n) is 16.7. The molecule has 1 amide bonds. The third kappa shape index (κ3) is 5.78. The number of carbonyl (C=O) groups is 2. The summed E-state index contributed by atoms with van der Waals surface area (Å²) in [5.74, 6) is -1.17. The first-order valence-corrected chi connectivity index (χ1v) is 12.0. The van der Waals surface area contributed by atoms with Crippen LogP contribution in [0.15, 0.2) is 46.7 Å². The van der Waals surface area contributed by atoms with Crippen LogP contribution in [-0.4, -0.2) is 44.3 Å². The van der Waals surface area contributed by atoms with Gasteiger partial charge in [0.2, 0.25) is 10.0 Å². The average molecular weight is 449 g/mol. The Morgan fingerprint density at radius 3 is 2.67 bits per heavy atom. The molecule has 1 aromatic heterocycles. The molecular formula is C21H24N2O5S2. The van der Waals surface area contributed by atoms with Crippen LogP contribution in [0.3, 0.4) is 0 Å². The van der Waals surface area contributed by atoms with Crippen molar-refractivity contribution >= 4 is 45.0 Å². The highest BCUT2D eigenvalue weighted by atomic mass is 32.2. The zero-order chi connectivity index (χ0) is 21.6. The summed E-state index contributed by atoms with van der Waals surface area (Å²) in [6.07, 6.45) is 5.60. The fourth-order valence-corrected chi connectivity index (χ4v) is 5.22. The standard InChI is InChI=1S/C21H24N2O5S2/c1-16-7-9-18(30(26,27)23-11-3-2-4-12-23)14-19(16)22-20(24)15-28-21(25)10-8-17-6-5-13-29-17/h5-10,13-14H,2-4,11-12,15H2,1H3,(H,22,24)/b10-8+. The van der Waals surface area contributed by atoms with Gasteiger partial charge >= 0.3 is 5.97 Å². The van der Waals surface area contributed by atoms with Gasteiger partial charge in [-0.1, -0.05) is 18.6 Å². The Morgan fingerprint density at radius 1 is 1.20 bits per heavy atom. The van der Waals surface area contributed by atoms with Crippen LogP contribution in [0.5, 0.6) is 0 Å². The molecule has 3 rings (SSSR count). The molecule has 1 N–H and O–H groups in total. The summed E-state index contributed by atoms with van der Waals surface area (Å²) in [7, 11) is -3.60. The predicted molar refractivity (Wildman–Crippen MR) is 117 cm³/mol. The topological polar surface area (TPSA) is 92.8 Å². The maximum Gasteiger partial charge on any atom is 0.331 e. The summed E-state index contributed by atoms with van der Waals surface area (Å²) >= 11 is 1.48. The van der Waals surface area contributed by atoms with Gasteiger partial charge in [0.15, 0.2) is 6.61 Å². The van der Waals surface area contributed by atoms with Crippen LogP contribution in [-0.2, 0) is 24.3 Å². The van der Waals surface area contributed by atoms with Crippen molar-refractivity contribution in [3.63, 3.8) is 0 Å². The molecule has 0 spiro atoms. The van der Waals surface area contributed by atoms with E-state index in [9.17, 15) is 18.0 Å². The summed E-state index contributed by atoms with van der Waals surface area (Å²) in [6.45, 7) is 2.32. The van der Waals surface area contributed by atoms with E-state index in [0.717, 1.165) is 24.1 Å². The Labute approximate surface area is 180 Å². The van der Waals surface area contributed by atoms with E-state index in [2.05, 4.69) is 5.32 Å². The number of hydrogen-bond donors (Lipinski definition) is 1. The summed E-state index contributed by atoms with van der Waals surface area (Å²) in [5, 5.41) is 4.52. The summed E-state index contributed by atoms with van der Waals surface area (Å²) in [5.41, 5.74) is 1.09. The number of thiophene rings is 1. The lowest BCUT2D eigenvalue weighted by Crippen LogP contribution is -2.35. The molecule has 1 aliphatic rings. The average Bonchev–Trinajstić information content (AvgIpc) is 3.26. The number of nitrogens with zero attached hydrogens (tertiary/aromatic N) is 1. The molecule has 0 saturated carbocycles. The first-order valence-electron chi connectivity index (χ1n) is 9.65. The van der Waals surface area contributed by atoms with Gasteiger partial charge in [-0.05, 0) is 55.0 Å². The molecule has 9 heteroatoms. The van der Waals surface area contributed by atoms with E-state index in [0.29, 0.717) is 24.3 Å². The second-order valence-electron chi connectivity index (χ2n) is 6.95. The number of benzene rings is 1. The van der Waals surface area contributed by atoms with E-state index in [-0.39, 0.29) is 4.90 Å². The Bertz CT molecular complexity index is 1020. The lowest BCUT2D eigenvalue weighted by atomic mass is 10.2. The minimum absolute atomic E-state index is 0.140. The number of anilines is 1. The molecule has 2 aromatic rings. The normalized spacial score (nSPS) is 15.2. The van der Waals surface area contributed by atoms with Gasteiger partial charge in [0.25, 0.3) is 5.91 Å². The maximum absolute atomic E-state index is 12.9. The monoisotopic (exact) mass is 448 g/mol. The van der Waals surface area contributed by atoms with Gasteiger partial charge in [-0.3, -0.25) is 4.79 Å². The van der Waals surface area contributed by atoms with Crippen LogP contribution in [0.4, 0.5) is 5.69 Å². The van der Waals surface area contributed by atoms with Gasteiger partial charge in [0, 0.05) is 29.7 Å². The summed E-state index contributed by atoms with van der Waals surface area (Å²) in [6, 6.07) is 8.38. The number of aryl methyl sites for hydroxylation is 1. The van der Waals surface area contributed by atoms with Crippen molar-refractivity contribution in [1.29, 1.82) is 0 Å². The number of hydrogen-bond acceptors (Lipinski definition) is 6. The second-order valence-corrected chi connectivity index (χ2v) is 9.86. The van der Waals surface area contributed by atoms with Crippen molar-refractivity contribution in [2.24, 2.45) is 0 Å². The van der Waals surface area contributed by atoms with E-state index < -0.39 is 28.5 Å². The van der Waals surface area contributed by atoms with E-state index in [1.807, 2.05) is 17.5 Å². The molecule has 2 heterocycles. The van der Waals surface area contributed by atoms with Crippen LogP contribution in [0, 0.1) is 6.92 Å². The number of rotatable bonds is 7. The van der Waals surface area contributed by atoms with Gasteiger partial charge in [0.1, 0.15) is 0 Å². The van der Waals surface area contributed by atoms with Crippen molar-refractivity contribution in [3.05, 3.63) is 52.2 Å². The number of amides is 1. The van der Waals surface area contributed by atoms with Gasteiger partial charge in [-0.25, -0.2) is 13.2 Å². The smallest absolute Gasteiger partial charge is 0.331 e. The Hall–Kier alpha value is -2.49. The molecule has 0 radical (unpaired) electrons. The Balaban J connectivity index is 1.61. The van der Waals surface area contributed by atoms with Crippen LogP contribution in [0.1, 0.15) is 29.7 Å².